The smallest absolute Gasteiger partial charge is 0.289 e. The minimum atomic E-state index is -0.494. The first-order valence-electron chi connectivity index (χ1n) is 10.6. The molecule has 1 atom stereocenters. The summed E-state index contributed by atoms with van der Waals surface area (Å²) in [6, 6.07) is 7.16. The zero-order valence-electron chi connectivity index (χ0n) is 17.1. The minimum absolute atomic E-state index is 0.105. The van der Waals surface area contributed by atoms with Crippen LogP contribution in [0.3, 0.4) is 0 Å². The molecule has 2 aliphatic rings. The molecule has 1 unspecified atom stereocenters. The number of nitrogens with one attached hydrogen (secondary N) is 2. The average molecular weight is 431 g/mol. The SMILES string of the molecule is CCCc1cc(N2CCC(NCC3CC3)C2)nc(Nc2ccc(Cl)c([N+](=O)[O-])c2)n1. The van der Waals surface area contributed by atoms with Crippen molar-refractivity contribution in [3.63, 3.8) is 0 Å². The van der Waals surface area contributed by atoms with Crippen LogP contribution in [0, 0.1) is 16.0 Å². The number of nitrogens with zero attached hydrogens (tertiary/aromatic N) is 4. The van der Waals surface area contributed by atoms with Crippen LogP contribution in [-0.4, -0.2) is 40.6 Å². The van der Waals surface area contributed by atoms with Gasteiger partial charge in [-0.2, -0.15) is 4.98 Å². The summed E-state index contributed by atoms with van der Waals surface area (Å²) in [6.45, 7) is 5.12. The maximum Gasteiger partial charge on any atom is 0.289 e. The molecule has 8 nitrogen and oxygen atoms in total. The fraction of sp³-hybridized carbons (Fsp3) is 0.524. The number of nitro groups is 1. The van der Waals surface area contributed by atoms with Gasteiger partial charge in [0.15, 0.2) is 0 Å². The van der Waals surface area contributed by atoms with E-state index in [1.165, 1.54) is 25.0 Å². The van der Waals surface area contributed by atoms with Crippen molar-refractivity contribution in [2.75, 3.05) is 29.9 Å². The van der Waals surface area contributed by atoms with Gasteiger partial charge in [0.25, 0.3) is 5.69 Å². The van der Waals surface area contributed by atoms with Crippen LogP contribution in [0.25, 0.3) is 0 Å². The van der Waals surface area contributed by atoms with Crippen molar-refractivity contribution in [1.82, 2.24) is 15.3 Å². The second-order valence-electron chi connectivity index (χ2n) is 8.12. The van der Waals surface area contributed by atoms with Crippen molar-refractivity contribution in [1.29, 1.82) is 0 Å². The highest BCUT2D eigenvalue weighted by Gasteiger charge is 2.27. The van der Waals surface area contributed by atoms with Crippen molar-refractivity contribution < 1.29 is 4.92 Å². The molecule has 1 aliphatic heterocycles. The lowest BCUT2D eigenvalue weighted by molar-refractivity contribution is -0.384. The maximum atomic E-state index is 11.2. The first kappa shape index (κ1) is 20.8. The summed E-state index contributed by atoms with van der Waals surface area (Å²) in [6.07, 6.45) is 5.64. The summed E-state index contributed by atoms with van der Waals surface area (Å²) in [4.78, 5) is 22.3. The highest BCUT2D eigenvalue weighted by Crippen LogP contribution is 2.30. The van der Waals surface area contributed by atoms with Crippen LogP contribution in [0.1, 0.15) is 38.3 Å². The Morgan fingerprint density at radius 3 is 2.83 bits per heavy atom. The zero-order valence-corrected chi connectivity index (χ0v) is 17.9. The lowest BCUT2D eigenvalue weighted by atomic mass is 10.2. The van der Waals surface area contributed by atoms with E-state index in [-0.39, 0.29) is 10.7 Å². The molecular weight excluding hydrogens is 404 g/mol. The van der Waals surface area contributed by atoms with Crippen molar-refractivity contribution in [2.45, 2.75) is 45.1 Å². The molecule has 30 heavy (non-hydrogen) atoms. The van der Waals surface area contributed by atoms with Crippen molar-refractivity contribution in [3.05, 3.63) is 45.1 Å². The minimum Gasteiger partial charge on any atom is -0.355 e. The van der Waals surface area contributed by atoms with Crippen LogP contribution in [-0.2, 0) is 6.42 Å². The molecule has 4 rings (SSSR count). The molecule has 2 N–H and O–H groups in total. The third kappa shape index (κ3) is 5.17. The predicted molar refractivity (Wildman–Crippen MR) is 119 cm³/mol. The summed E-state index contributed by atoms with van der Waals surface area (Å²) in [5, 5.41) is 18.1. The first-order valence-corrected chi connectivity index (χ1v) is 11.0. The average Bonchev–Trinajstić information content (AvgIpc) is 3.43. The Balaban J connectivity index is 1.51. The molecule has 2 fully saturated rings. The second kappa shape index (κ2) is 9.14. The fourth-order valence-electron chi connectivity index (χ4n) is 3.73. The maximum absolute atomic E-state index is 11.2. The van der Waals surface area contributed by atoms with Crippen molar-refractivity contribution in [3.8, 4) is 0 Å². The van der Waals surface area contributed by atoms with Crippen LogP contribution in [0.2, 0.25) is 5.02 Å². The number of halogens is 1. The monoisotopic (exact) mass is 430 g/mol. The molecule has 160 valence electrons. The molecule has 0 spiro atoms. The van der Waals surface area contributed by atoms with Gasteiger partial charge in [-0.25, -0.2) is 4.98 Å². The summed E-state index contributed by atoms with van der Waals surface area (Å²) < 4.78 is 0. The predicted octanol–water partition coefficient (Wildman–Crippen LogP) is 4.31. The quantitative estimate of drug-likeness (QED) is 0.451. The molecule has 2 aromatic rings. The second-order valence-corrected chi connectivity index (χ2v) is 8.53. The molecule has 1 saturated carbocycles. The number of nitro benzene ring substituents is 1. The molecule has 9 heteroatoms. The van der Waals surface area contributed by atoms with Crippen molar-refractivity contribution >= 4 is 34.7 Å². The number of hydrogen-bond acceptors (Lipinski definition) is 7. The first-order chi connectivity index (χ1) is 14.5. The van der Waals surface area contributed by atoms with Crippen LogP contribution >= 0.6 is 11.6 Å². The third-order valence-corrected chi connectivity index (χ3v) is 5.89. The Labute approximate surface area is 181 Å². The number of hydrogen-bond donors (Lipinski definition) is 2. The zero-order chi connectivity index (χ0) is 21.1. The summed E-state index contributed by atoms with van der Waals surface area (Å²) in [5.74, 6) is 2.21. The third-order valence-electron chi connectivity index (χ3n) is 5.58. The Morgan fingerprint density at radius 2 is 2.10 bits per heavy atom. The lowest BCUT2D eigenvalue weighted by Gasteiger charge is -2.20. The molecule has 0 amide bonds. The number of rotatable bonds is 9. The van der Waals surface area contributed by atoms with Crippen LogP contribution < -0.4 is 15.5 Å². The van der Waals surface area contributed by atoms with Gasteiger partial charge in [0.2, 0.25) is 5.95 Å². The van der Waals surface area contributed by atoms with E-state index in [4.69, 9.17) is 16.6 Å². The molecule has 2 heterocycles. The summed E-state index contributed by atoms with van der Waals surface area (Å²) >= 11 is 5.92. The molecule has 0 bridgehead atoms. The van der Waals surface area contributed by atoms with Crippen LogP contribution in [0.4, 0.5) is 23.1 Å². The topological polar surface area (TPSA) is 96.2 Å². The van der Waals surface area contributed by atoms with Gasteiger partial charge in [-0.05, 0) is 50.3 Å². The van der Waals surface area contributed by atoms with Gasteiger partial charge in [0.1, 0.15) is 10.8 Å². The Kier molecular flexibility index (Phi) is 6.34. The Hall–Kier alpha value is -2.45. The van der Waals surface area contributed by atoms with Gasteiger partial charge < -0.3 is 15.5 Å². The molecular formula is C21H27ClN6O2. The Bertz CT molecular complexity index is 920. The lowest BCUT2D eigenvalue weighted by Crippen LogP contribution is -2.34. The fourth-order valence-corrected chi connectivity index (χ4v) is 3.92. The van der Waals surface area contributed by atoms with Crippen LogP contribution in [0.15, 0.2) is 24.3 Å². The molecule has 1 aliphatic carbocycles. The summed E-state index contributed by atoms with van der Waals surface area (Å²) in [5.41, 5.74) is 1.36. The number of aromatic nitrogens is 2. The Morgan fingerprint density at radius 1 is 1.27 bits per heavy atom. The van der Waals surface area contributed by atoms with E-state index in [1.54, 1.807) is 6.07 Å². The van der Waals surface area contributed by atoms with Gasteiger partial charge in [0.05, 0.1) is 4.92 Å². The van der Waals surface area contributed by atoms with Gasteiger partial charge in [-0.15, -0.1) is 0 Å². The number of anilines is 3. The summed E-state index contributed by atoms with van der Waals surface area (Å²) in [7, 11) is 0. The normalized spacial score (nSPS) is 18.6. The van der Waals surface area contributed by atoms with E-state index in [0.717, 1.165) is 56.3 Å². The van der Waals surface area contributed by atoms with E-state index in [0.29, 0.717) is 17.7 Å². The number of aryl methyl sites for hydroxylation is 1. The van der Waals surface area contributed by atoms with Gasteiger partial charge in [0, 0.05) is 42.6 Å². The largest absolute Gasteiger partial charge is 0.355 e. The van der Waals surface area contributed by atoms with E-state index in [2.05, 4.69) is 33.5 Å². The van der Waals surface area contributed by atoms with Crippen molar-refractivity contribution in [2.24, 2.45) is 5.92 Å². The highest BCUT2D eigenvalue weighted by atomic mass is 35.5. The van der Waals surface area contributed by atoms with Crippen LogP contribution in [0.5, 0.6) is 0 Å². The van der Waals surface area contributed by atoms with Gasteiger partial charge >= 0.3 is 0 Å². The van der Waals surface area contributed by atoms with Gasteiger partial charge in [-0.3, -0.25) is 10.1 Å². The van der Waals surface area contributed by atoms with E-state index in [9.17, 15) is 10.1 Å². The molecule has 1 saturated heterocycles. The molecule has 1 aromatic heterocycles. The van der Waals surface area contributed by atoms with E-state index >= 15 is 0 Å². The number of benzene rings is 1. The molecule has 0 radical (unpaired) electrons. The van der Waals surface area contributed by atoms with E-state index < -0.39 is 4.92 Å². The van der Waals surface area contributed by atoms with Gasteiger partial charge in [-0.1, -0.05) is 24.9 Å². The van der Waals surface area contributed by atoms with E-state index in [1.807, 2.05) is 0 Å². The standard InChI is InChI=1S/C21H27ClN6O2/c1-2-3-15-11-20(27-9-8-17(13-27)23-12-14-4-5-14)26-21(24-15)25-16-6-7-18(22)19(10-16)28(29)30/h6-7,10-11,14,17,23H,2-5,8-9,12-13H2,1H3,(H,24,25,26). The highest BCUT2D eigenvalue weighted by molar-refractivity contribution is 6.32. The molecule has 1 aromatic carbocycles.